The second-order valence-corrected chi connectivity index (χ2v) is 10.4. The van der Waals surface area contributed by atoms with Gasteiger partial charge < -0.3 is 29.2 Å². The van der Waals surface area contributed by atoms with E-state index >= 15 is 0 Å². The summed E-state index contributed by atoms with van der Waals surface area (Å²) in [5, 5.41) is 3.53. The summed E-state index contributed by atoms with van der Waals surface area (Å²) in [5.41, 5.74) is 2.07. The van der Waals surface area contributed by atoms with Gasteiger partial charge in [0.05, 0.1) is 50.7 Å². The van der Waals surface area contributed by atoms with Gasteiger partial charge in [-0.25, -0.2) is 14.2 Å². The number of esters is 1. The SMILES string of the molecule is CCOC(=O)C1=C(c2ccccc2)Nc2nc(SCc3ccccc3F)[nH]c(=O)c2C1c1cc(OC)c(OC)c(OC)c1. The summed E-state index contributed by atoms with van der Waals surface area (Å²) in [4.78, 5) is 35.1. The molecule has 0 aliphatic carbocycles. The maximum absolute atomic E-state index is 14.3. The van der Waals surface area contributed by atoms with E-state index in [0.717, 1.165) is 0 Å². The van der Waals surface area contributed by atoms with Gasteiger partial charge >= 0.3 is 5.97 Å². The summed E-state index contributed by atoms with van der Waals surface area (Å²) in [6, 6.07) is 19.1. The summed E-state index contributed by atoms with van der Waals surface area (Å²) < 4.78 is 36.5. The molecule has 1 aliphatic rings. The van der Waals surface area contributed by atoms with Crippen molar-refractivity contribution in [3.63, 3.8) is 0 Å². The summed E-state index contributed by atoms with van der Waals surface area (Å²) in [5.74, 6) is -0.308. The number of carbonyl (C=O) groups excluding carboxylic acids is 1. The van der Waals surface area contributed by atoms with Gasteiger partial charge in [-0.2, -0.15) is 0 Å². The summed E-state index contributed by atoms with van der Waals surface area (Å²) in [6.45, 7) is 1.84. The maximum atomic E-state index is 14.3. The largest absolute Gasteiger partial charge is 0.493 e. The van der Waals surface area contributed by atoms with Gasteiger partial charge in [-0.15, -0.1) is 0 Å². The summed E-state index contributed by atoms with van der Waals surface area (Å²) >= 11 is 1.19. The highest BCUT2D eigenvalue weighted by Gasteiger charge is 2.39. The van der Waals surface area contributed by atoms with Crippen LogP contribution in [0.2, 0.25) is 0 Å². The van der Waals surface area contributed by atoms with E-state index in [9.17, 15) is 14.0 Å². The van der Waals surface area contributed by atoms with Crippen LogP contribution >= 0.6 is 11.8 Å². The molecule has 0 radical (unpaired) electrons. The predicted octanol–water partition coefficient (Wildman–Crippen LogP) is 5.76. The standard InChI is InChI=1S/C32H30FN3O6S/c1-5-42-31(38)25-24(20-15-22(39-2)28(41-4)23(16-20)40-3)26-29(34-27(25)18-11-7-6-8-12-18)35-32(36-30(26)37)43-17-19-13-9-10-14-21(19)33/h6-16,24H,5,17H2,1-4H3,(H2,34,35,36,37). The molecule has 0 fully saturated rings. The summed E-state index contributed by atoms with van der Waals surface area (Å²) in [6.07, 6.45) is 0. The molecule has 4 aromatic rings. The predicted molar refractivity (Wildman–Crippen MR) is 162 cm³/mol. The van der Waals surface area contributed by atoms with Crippen molar-refractivity contribution in [2.45, 2.75) is 23.8 Å². The number of thioether (sulfide) groups is 1. The van der Waals surface area contributed by atoms with Crippen LogP contribution in [0, 0.1) is 5.82 Å². The average Bonchev–Trinajstić information content (AvgIpc) is 3.03. The number of benzene rings is 3. The van der Waals surface area contributed by atoms with Crippen molar-refractivity contribution in [1.82, 2.24) is 9.97 Å². The van der Waals surface area contributed by atoms with Crippen molar-refractivity contribution < 1.29 is 28.1 Å². The molecule has 2 heterocycles. The molecular formula is C32H30FN3O6S. The van der Waals surface area contributed by atoms with Gasteiger partial charge in [-0.1, -0.05) is 60.3 Å². The molecule has 1 aliphatic heterocycles. The first kappa shape index (κ1) is 29.7. The third-order valence-electron chi connectivity index (χ3n) is 6.92. The minimum atomic E-state index is -0.930. The van der Waals surface area contributed by atoms with E-state index in [-0.39, 0.29) is 40.3 Å². The first-order valence-corrected chi connectivity index (χ1v) is 14.4. The number of hydrogen-bond acceptors (Lipinski definition) is 9. The Labute approximate surface area is 252 Å². The second kappa shape index (κ2) is 13.0. The van der Waals surface area contributed by atoms with Gasteiger partial charge in [0.15, 0.2) is 16.7 Å². The Bertz CT molecular complexity index is 1720. The molecule has 2 N–H and O–H groups in total. The smallest absolute Gasteiger partial charge is 0.337 e. The lowest BCUT2D eigenvalue weighted by Gasteiger charge is -2.30. The number of H-pyrrole nitrogens is 1. The molecule has 0 saturated heterocycles. The average molecular weight is 604 g/mol. The van der Waals surface area contributed by atoms with Gasteiger partial charge in [0, 0.05) is 5.75 Å². The molecule has 9 nitrogen and oxygen atoms in total. The lowest BCUT2D eigenvalue weighted by atomic mass is 9.80. The zero-order chi connectivity index (χ0) is 30.5. The molecule has 43 heavy (non-hydrogen) atoms. The Morgan fingerprint density at radius 1 is 0.977 bits per heavy atom. The maximum Gasteiger partial charge on any atom is 0.337 e. The third kappa shape index (κ3) is 5.94. The molecule has 5 rings (SSSR count). The monoisotopic (exact) mass is 603 g/mol. The Balaban J connectivity index is 1.73. The van der Waals surface area contributed by atoms with Crippen LogP contribution < -0.4 is 25.1 Å². The van der Waals surface area contributed by atoms with E-state index in [2.05, 4.69) is 10.3 Å². The number of carbonyl (C=O) groups is 1. The molecule has 11 heteroatoms. The van der Waals surface area contributed by atoms with Crippen molar-refractivity contribution in [2.24, 2.45) is 0 Å². The number of nitrogens with zero attached hydrogens (tertiary/aromatic N) is 1. The van der Waals surface area contributed by atoms with E-state index in [0.29, 0.717) is 39.6 Å². The topological polar surface area (TPSA) is 112 Å². The zero-order valence-corrected chi connectivity index (χ0v) is 24.8. The van der Waals surface area contributed by atoms with Crippen LogP contribution in [0.1, 0.15) is 35.1 Å². The number of fused-ring (bicyclic) bond motifs is 1. The number of aromatic nitrogens is 2. The van der Waals surface area contributed by atoms with Crippen molar-refractivity contribution in [2.75, 3.05) is 33.3 Å². The number of methoxy groups -OCH3 is 3. The number of anilines is 1. The molecule has 0 amide bonds. The molecule has 1 unspecified atom stereocenters. The van der Waals surface area contributed by atoms with E-state index < -0.39 is 17.4 Å². The van der Waals surface area contributed by atoms with E-state index in [1.165, 1.54) is 39.2 Å². The fraction of sp³-hybridized carbons (Fsp3) is 0.219. The Kier molecular flexibility index (Phi) is 9.01. The molecular weight excluding hydrogens is 573 g/mol. The van der Waals surface area contributed by atoms with Crippen molar-refractivity contribution in [1.29, 1.82) is 0 Å². The molecule has 0 bridgehead atoms. The first-order valence-electron chi connectivity index (χ1n) is 13.4. The number of halogens is 1. The number of hydrogen-bond donors (Lipinski definition) is 2. The summed E-state index contributed by atoms with van der Waals surface area (Å²) in [7, 11) is 4.47. The Hall–Kier alpha value is -4.77. The first-order chi connectivity index (χ1) is 20.9. The highest BCUT2D eigenvalue weighted by molar-refractivity contribution is 7.98. The molecule has 1 atom stereocenters. The number of aromatic amines is 1. The number of nitrogens with one attached hydrogen (secondary N) is 2. The zero-order valence-electron chi connectivity index (χ0n) is 24.0. The van der Waals surface area contributed by atoms with Crippen LogP contribution in [0.4, 0.5) is 10.2 Å². The van der Waals surface area contributed by atoms with E-state index in [1.807, 2.05) is 30.3 Å². The van der Waals surface area contributed by atoms with Gasteiger partial charge in [-0.3, -0.25) is 4.79 Å². The van der Waals surface area contributed by atoms with Crippen molar-refractivity contribution in [3.05, 3.63) is 111 Å². The molecule has 3 aromatic carbocycles. The van der Waals surface area contributed by atoms with Crippen LogP contribution in [-0.4, -0.2) is 43.9 Å². The molecule has 0 saturated carbocycles. The minimum Gasteiger partial charge on any atom is -0.493 e. The lowest BCUT2D eigenvalue weighted by Crippen LogP contribution is -2.31. The fourth-order valence-corrected chi connectivity index (χ4v) is 5.84. The van der Waals surface area contributed by atoms with Crippen LogP contribution in [0.25, 0.3) is 5.70 Å². The van der Waals surface area contributed by atoms with Gasteiger partial charge in [0.25, 0.3) is 5.56 Å². The number of ether oxygens (including phenoxy) is 4. The fourth-order valence-electron chi connectivity index (χ4n) is 4.99. The van der Waals surface area contributed by atoms with Gasteiger partial charge in [-0.05, 0) is 41.8 Å². The highest BCUT2D eigenvalue weighted by Crippen LogP contribution is 2.47. The normalized spacial score (nSPS) is 14.0. The molecule has 1 aromatic heterocycles. The number of rotatable bonds is 10. The van der Waals surface area contributed by atoms with Gasteiger partial charge in [0.2, 0.25) is 5.75 Å². The highest BCUT2D eigenvalue weighted by atomic mass is 32.2. The lowest BCUT2D eigenvalue weighted by molar-refractivity contribution is -0.138. The molecule has 0 spiro atoms. The van der Waals surface area contributed by atoms with Crippen LogP contribution in [-0.2, 0) is 15.3 Å². The van der Waals surface area contributed by atoms with Gasteiger partial charge in [0.1, 0.15) is 11.6 Å². The minimum absolute atomic E-state index is 0.124. The second-order valence-electron chi connectivity index (χ2n) is 9.41. The molecule has 222 valence electrons. The Morgan fingerprint density at radius 2 is 1.65 bits per heavy atom. The van der Waals surface area contributed by atoms with Crippen LogP contribution in [0.15, 0.2) is 82.3 Å². The van der Waals surface area contributed by atoms with Crippen molar-refractivity contribution in [3.8, 4) is 17.2 Å². The quantitative estimate of drug-likeness (QED) is 0.133. The van der Waals surface area contributed by atoms with Crippen LogP contribution in [0.5, 0.6) is 17.2 Å². The van der Waals surface area contributed by atoms with Crippen molar-refractivity contribution >= 4 is 29.2 Å². The van der Waals surface area contributed by atoms with E-state index in [1.54, 1.807) is 37.3 Å². The van der Waals surface area contributed by atoms with Crippen LogP contribution in [0.3, 0.4) is 0 Å². The van der Waals surface area contributed by atoms with E-state index in [4.69, 9.17) is 23.9 Å². The third-order valence-corrected chi connectivity index (χ3v) is 7.85. The Morgan fingerprint density at radius 3 is 2.28 bits per heavy atom.